The van der Waals surface area contributed by atoms with Gasteiger partial charge in [-0.15, -0.1) is 0 Å². The van der Waals surface area contributed by atoms with Crippen LogP contribution in [0.5, 0.6) is 5.75 Å². The van der Waals surface area contributed by atoms with Crippen molar-refractivity contribution in [2.75, 3.05) is 4.90 Å². The molecule has 1 N–H and O–H groups in total. The predicted molar refractivity (Wildman–Crippen MR) is 90.2 cm³/mol. The van der Waals surface area contributed by atoms with Crippen molar-refractivity contribution in [1.82, 2.24) is 0 Å². The fourth-order valence-corrected chi connectivity index (χ4v) is 2.84. The first-order chi connectivity index (χ1) is 11.5. The van der Waals surface area contributed by atoms with Crippen molar-refractivity contribution in [3.05, 3.63) is 59.7 Å². The van der Waals surface area contributed by atoms with Gasteiger partial charge in [0.05, 0.1) is 5.69 Å². The predicted octanol–water partition coefficient (Wildman–Crippen LogP) is 3.19. The molecule has 0 spiro atoms. The Kier molecular flexibility index (Phi) is 4.25. The third kappa shape index (κ3) is 2.73. The number of rotatable bonds is 4. The average Bonchev–Trinajstić information content (AvgIpc) is 2.61. The molecule has 5 nitrogen and oxygen atoms in total. The minimum absolute atomic E-state index is 0.364. The highest BCUT2D eigenvalue weighted by atomic mass is 16.5. The molecule has 0 saturated heterocycles. The van der Waals surface area contributed by atoms with Crippen LogP contribution >= 0.6 is 0 Å². The van der Waals surface area contributed by atoms with Gasteiger partial charge in [-0.05, 0) is 31.0 Å². The number of carbonyl (C=O) groups excluding carboxylic acids is 1. The number of carboxylic acid groups (broad SMARTS) is 1. The van der Waals surface area contributed by atoms with Crippen LogP contribution in [0.3, 0.4) is 0 Å². The summed E-state index contributed by atoms with van der Waals surface area (Å²) in [6.07, 6.45) is -0.0493. The van der Waals surface area contributed by atoms with E-state index in [1.165, 1.54) is 11.8 Å². The van der Waals surface area contributed by atoms with Crippen LogP contribution in [0.15, 0.2) is 48.5 Å². The highest BCUT2D eigenvalue weighted by Gasteiger charge is 2.40. The standard InChI is InChI=1S/C19H19NO4/c1-3-13-9-10-16-15(11-13)20(12(2)19(22)23)18(21)17(24-16)14-7-5-4-6-8-14/h4-12,17H,3H2,1-2H3,(H,22,23). The number of carboxylic acids is 1. The third-order valence-corrected chi connectivity index (χ3v) is 4.24. The van der Waals surface area contributed by atoms with Crippen LogP contribution in [-0.4, -0.2) is 23.0 Å². The first-order valence-electron chi connectivity index (χ1n) is 7.93. The maximum Gasteiger partial charge on any atom is 0.326 e. The Balaban J connectivity index is 2.11. The summed E-state index contributed by atoms with van der Waals surface area (Å²) in [5.41, 5.74) is 2.24. The molecule has 0 fully saturated rings. The van der Waals surface area contributed by atoms with Crippen molar-refractivity contribution >= 4 is 17.6 Å². The van der Waals surface area contributed by atoms with Crippen LogP contribution in [0.2, 0.25) is 0 Å². The Morgan fingerprint density at radius 3 is 2.58 bits per heavy atom. The second-order valence-corrected chi connectivity index (χ2v) is 5.79. The number of anilines is 1. The van der Waals surface area contributed by atoms with Crippen LogP contribution in [-0.2, 0) is 16.0 Å². The van der Waals surface area contributed by atoms with Gasteiger partial charge in [-0.3, -0.25) is 9.69 Å². The van der Waals surface area contributed by atoms with Crippen LogP contribution in [0.25, 0.3) is 0 Å². The smallest absolute Gasteiger partial charge is 0.326 e. The number of aliphatic carboxylic acids is 1. The topological polar surface area (TPSA) is 66.8 Å². The number of ether oxygens (including phenoxy) is 1. The Morgan fingerprint density at radius 2 is 1.96 bits per heavy atom. The lowest BCUT2D eigenvalue weighted by atomic mass is 10.0. The van der Waals surface area contributed by atoms with Crippen molar-refractivity contribution in [3.63, 3.8) is 0 Å². The van der Waals surface area contributed by atoms with Gasteiger partial charge in [0.25, 0.3) is 5.91 Å². The molecule has 2 unspecified atom stereocenters. The zero-order valence-electron chi connectivity index (χ0n) is 13.6. The van der Waals surface area contributed by atoms with Crippen molar-refractivity contribution in [2.24, 2.45) is 0 Å². The molecule has 1 heterocycles. The highest BCUT2D eigenvalue weighted by molar-refractivity contribution is 6.04. The summed E-state index contributed by atoms with van der Waals surface area (Å²) in [5, 5.41) is 9.43. The number of hydrogen-bond acceptors (Lipinski definition) is 3. The molecule has 1 aliphatic heterocycles. The maximum atomic E-state index is 13.0. The SMILES string of the molecule is CCc1ccc2c(c1)N(C(C)C(=O)O)C(=O)C(c1ccccc1)O2. The monoisotopic (exact) mass is 325 g/mol. The van der Waals surface area contributed by atoms with Gasteiger partial charge in [-0.2, -0.15) is 0 Å². The van der Waals surface area contributed by atoms with Gasteiger partial charge in [-0.1, -0.05) is 43.3 Å². The second-order valence-electron chi connectivity index (χ2n) is 5.79. The summed E-state index contributed by atoms with van der Waals surface area (Å²) < 4.78 is 5.91. The molecular formula is C19H19NO4. The lowest BCUT2D eigenvalue weighted by Gasteiger charge is -2.36. The summed E-state index contributed by atoms with van der Waals surface area (Å²) >= 11 is 0. The zero-order chi connectivity index (χ0) is 17.3. The number of aryl methyl sites for hydroxylation is 1. The summed E-state index contributed by atoms with van der Waals surface area (Å²) in [6.45, 7) is 3.51. The van der Waals surface area contributed by atoms with E-state index in [9.17, 15) is 14.7 Å². The number of nitrogens with zero attached hydrogens (tertiary/aromatic N) is 1. The molecular weight excluding hydrogens is 306 g/mol. The molecule has 0 bridgehead atoms. The summed E-state index contributed by atoms with van der Waals surface area (Å²) in [5.74, 6) is -0.893. The van der Waals surface area contributed by atoms with Gasteiger partial charge in [0.2, 0.25) is 6.10 Å². The van der Waals surface area contributed by atoms with Gasteiger partial charge >= 0.3 is 5.97 Å². The molecule has 0 aromatic heterocycles. The van der Waals surface area contributed by atoms with Crippen molar-refractivity contribution in [1.29, 1.82) is 0 Å². The molecule has 1 amide bonds. The van der Waals surface area contributed by atoms with Gasteiger partial charge in [0.15, 0.2) is 0 Å². The summed E-state index contributed by atoms with van der Waals surface area (Å²) in [6, 6.07) is 13.7. The first-order valence-corrected chi connectivity index (χ1v) is 7.93. The largest absolute Gasteiger partial charge is 0.480 e. The molecule has 2 atom stereocenters. The van der Waals surface area contributed by atoms with Crippen LogP contribution in [0.1, 0.15) is 31.1 Å². The van der Waals surface area contributed by atoms with Crippen LogP contribution in [0.4, 0.5) is 5.69 Å². The second kappa shape index (κ2) is 6.35. The lowest BCUT2D eigenvalue weighted by molar-refractivity contribution is -0.141. The molecule has 2 aromatic carbocycles. The van der Waals surface area contributed by atoms with Gasteiger partial charge in [-0.25, -0.2) is 4.79 Å². The van der Waals surface area contributed by atoms with Gasteiger partial charge in [0.1, 0.15) is 11.8 Å². The molecule has 0 saturated carbocycles. The fraction of sp³-hybridized carbons (Fsp3) is 0.263. The maximum absolute atomic E-state index is 13.0. The summed E-state index contributed by atoms with van der Waals surface area (Å²) in [7, 11) is 0. The first kappa shape index (κ1) is 16.1. The Morgan fingerprint density at radius 1 is 1.25 bits per heavy atom. The van der Waals surface area contributed by atoms with E-state index in [1.54, 1.807) is 18.2 Å². The number of benzene rings is 2. The molecule has 5 heteroatoms. The number of hydrogen-bond donors (Lipinski definition) is 1. The number of carbonyl (C=O) groups is 2. The zero-order valence-corrected chi connectivity index (χ0v) is 13.6. The number of fused-ring (bicyclic) bond motifs is 1. The van der Waals surface area contributed by atoms with Gasteiger partial charge < -0.3 is 9.84 Å². The number of amides is 1. The van der Waals surface area contributed by atoms with E-state index in [-0.39, 0.29) is 5.91 Å². The molecule has 1 aliphatic rings. The minimum Gasteiger partial charge on any atom is -0.480 e. The normalized spacial score (nSPS) is 17.8. The molecule has 24 heavy (non-hydrogen) atoms. The van der Waals surface area contributed by atoms with Crippen molar-refractivity contribution in [3.8, 4) is 5.75 Å². The molecule has 0 radical (unpaired) electrons. The average molecular weight is 325 g/mol. The Bertz CT molecular complexity index is 772. The molecule has 0 aliphatic carbocycles. The highest BCUT2D eigenvalue weighted by Crippen LogP contribution is 2.40. The van der Waals surface area contributed by atoms with E-state index in [0.717, 1.165) is 12.0 Å². The third-order valence-electron chi connectivity index (χ3n) is 4.24. The Hall–Kier alpha value is -2.82. The molecule has 3 rings (SSSR count). The Labute approximate surface area is 140 Å². The van der Waals surface area contributed by atoms with Crippen LogP contribution in [0, 0.1) is 0 Å². The van der Waals surface area contributed by atoms with Crippen molar-refractivity contribution < 1.29 is 19.4 Å². The van der Waals surface area contributed by atoms with E-state index in [2.05, 4.69) is 0 Å². The van der Waals surface area contributed by atoms with E-state index in [0.29, 0.717) is 17.0 Å². The van der Waals surface area contributed by atoms with E-state index in [4.69, 9.17) is 4.74 Å². The van der Waals surface area contributed by atoms with Gasteiger partial charge in [0, 0.05) is 5.56 Å². The van der Waals surface area contributed by atoms with E-state index in [1.807, 2.05) is 37.3 Å². The fourth-order valence-electron chi connectivity index (χ4n) is 2.84. The minimum atomic E-state index is -1.05. The van der Waals surface area contributed by atoms with E-state index >= 15 is 0 Å². The quantitative estimate of drug-likeness (QED) is 0.937. The molecule has 2 aromatic rings. The van der Waals surface area contributed by atoms with Crippen molar-refractivity contribution in [2.45, 2.75) is 32.4 Å². The lowest BCUT2D eigenvalue weighted by Crippen LogP contribution is -2.49. The van der Waals surface area contributed by atoms with Crippen LogP contribution < -0.4 is 9.64 Å². The summed E-state index contributed by atoms with van der Waals surface area (Å²) in [4.78, 5) is 25.8. The molecule has 124 valence electrons. The van der Waals surface area contributed by atoms with E-state index < -0.39 is 18.1 Å².